The number of ketones is 1. The number of aliphatic hydroxyl groups excluding tert-OH is 1. The minimum atomic E-state index is -0.599. The molecule has 0 saturated carbocycles. The van der Waals surface area contributed by atoms with Crippen LogP contribution in [0, 0.1) is 0 Å². The molecule has 1 aromatic rings. The summed E-state index contributed by atoms with van der Waals surface area (Å²) in [6.07, 6.45) is 0.251. The van der Waals surface area contributed by atoms with Gasteiger partial charge in [-0.3, -0.25) is 0 Å². The molecule has 2 nitrogen and oxygen atoms in total. The molecule has 1 aromatic carbocycles. The molecule has 0 radical (unpaired) electrons. The number of hydrogen-bond acceptors (Lipinski definition) is 2. The van der Waals surface area contributed by atoms with E-state index < -0.39 is 6.10 Å². The van der Waals surface area contributed by atoms with E-state index in [2.05, 4.69) is 0 Å². The molecule has 3 heteroatoms. The predicted octanol–water partition coefficient (Wildman–Crippen LogP) is 2.74. The minimum absolute atomic E-state index is 0.0890. The molecule has 0 aliphatic heterocycles. The molecule has 1 atom stereocenters. The van der Waals surface area contributed by atoms with Crippen LogP contribution in [0.25, 0.3) is 0 Å². The van der Waals surface area contributed by atoms with Crippen LogP contribution in [0.1, 0.15) is 31.4 Å². The maximum atomic E-state index is 10.7. The number of halogens is 1. The molecule has 0 heterocycles. The second kappa shape index (κ2) is 5.13. The third kappa shape index (κ3) is 3.48. The summed E-state index contributed by atoms with van der Waals surface area (Å²) in [5, 5.41) is 10.3. The third-order valence-corrected chi connectivity index (χ3v) is 2.24. The lowest BCUT2D eigenvalue weighted by molar-refractivity contribution is -0.117. The molecule has 0 amide bonds. The highest BCUT2D eigenvalue weighted by atomic mass is 35.5. The molecule has 1 rings (SSSR count). The molecule has 0 bridgehead atoms. The number of hydrogen-bond donors (Lipinski definition) is 1. The Hall–Kier alpha value is -0.860. The van der Waals surface area contributed by atoms with E-state index in [-0.39, 0.29) is 5.78 Å². The standard InChI is InChI=1S/C11H13ClO2/c1-8(13)5-6-11(14)9-3-2-4-10(12)7-9/h2-4,7,11,14H,5-6H2,1H3. The van der Waals surface area contributed by atoms with Crippen molar-refractivity contribution < 1.29 is 9.90 Å². The average molecular weight is 213 g/mol. The van der Waals surface area contributed by atoms with Gasteiger partial charge in [-0.25, -0.2) is 0 Å². The zero-order chi connectivity index (χ0) is 10.6. The summed E-state index contributed by atoms with van der Waals surface area (Å²) in [6, 6.07) is 7.06. The molecule has 0 spiro atoms. The van der Waals surface area contributed by atoms with Crippen LogP contribution in [0.2, 0.25) is 5.02 Å². The van der Waals surface area contributed by atoms with Gasteiger partial charge in [-0.1, -0.05) is 23.7 Å². The fourth-order valence-corrected chi connectivity index (χ4v) is 1.42. The van der Waals surface area contributed by atoms with Crippen molar-refractivity contribution in [2.24, 2.45) is 0 Å². The van der Waals surface area contributed by atoms with Crippen LogP contribution in [-0.2, 0) is 4.79 Å². The first kappa shape index (κ1) is 11.2. The fraction of sp³-hybridized carbons (Fsp3) is 0.364. The van der Waals surface area contributed by atoms with Crippen molar-refractivity contribution in [3.05, 3.63) is 34.9 Å². The van der Waals surface area contributed by atoms with Crippen LogP contribution in [0.5, 0.6) is 0 Å². The van der Waals surface area contributed by atoms with Crippen molar-refractivity contribution in [3.8, 4) is 0 Å². The van der Waals surface area contributed by atoms with Gasteiger partial charge in [0.05, 0.1) is 6.10 Å². The Kier molecular flexibility index (Phi) is 4.11. The van der Waals surface area contributed by atoms with Crippen molar-refractivity contribution in [3.63, 3.8) is 0 Å². The van der Waals surface area contributed by atoms with Gasteiger partial charge in [0.25, 0.3) is 0 Å². The Morgan fingerprint density at radius 3 is 2.86 bits per heavy atom. The van der Waals surface area contributed by atoms with Crippen molar-refractivity contribution in [2.45, 2.75) is 25.9 Å². The van der Waals surface area contributed by atoms with Gasteiger partial charge in [0.15, 0.2) is 0 Å². The lowest BCUT2D eigenvalue weighted by Gasteiger charge is -2.09. The number of Topliss-reactive ketones (excluding diaryl/α,β-unsaturated/α-hetero) is 1. The fourth-order valence-electron chi connectivity index (χ4n) is 1.22. The molecular weight excluding hydrogens is 200 g/mol. The Morgan fingerprint density at radius 1 is 1.57 bits per heavy atom. The third-order valence-electron chi connectivity index (χ3n) is 2.00. The van der Waals surface area contributed by atoms with Crippen molar-refractivity contribution >= 4 is 17.4 Å². The maximum Gasteiger partial charge on any atom is 0.129 e. The van der Waals surface area contributed by atoms with E-state index in [0.717, 1.165) is 5.56 Å². The number of carbonyl (C=O) groups is 1. The monoisotopic (exact) mass is 212 g/mol. The van der Waals surface area contributed by atoms with E-state index in [0.29, 0.717) is 17.9 Å². The largest absolute Gasteiger partial charge is 0.388 e. The van der Waals surface area contributed by atoms with Gasteiger partial charge < -0.3 is 9.90 Å². The van der Waals surface area contributed by atoms with Gasteiger partial charge in [0.1, 0.15) is 5.78 Å². The van der Waals surface area contributed by atoms with Gasteiger partial charge >= 0.3 is 0 Å². The first-order chi connectivity index (χ1) is 6.59. The molecule has 0 aliphatic rings. The first-order valence-electron chi connectivity index (χ1n) is 4.52. The van der Waals surface area contributed by atoms with Gasteiger partial charge in [0, 0.05) is 11.4 Å². The van der Waals surface area contributed by atoms with Crippen LogP contribution in [0.3, 0.4) is 0 Å². The van der Waals surface area contributed by atoms with E-state index in [4.69, 9.17) is 11.6 Å². The Morgan fingerprint density at radius 2 is 2.29 bits per heavy atom. The summed E-state index contributed by atoms with van der Waals surface area (Å²) in [5.74, 6) is 0.0890. The summed E-state index contributed by atoms with van der Waals surface area (Å²) in [4.78, 5) is 10.7. The lowest BCUT2D eigenvalue weighted by atomic mass is 10.0. The second-order valence-corrected chi connectivity index (χ2v) is 3.75. The van der Waals surface area contributed by atoms with E-state index in [1.165, 1.54) is 6.92 Å². The van der Waals surface area contributed by atoms with Crippen LogP contribution >= 0.6 is 11.6 Å². The summed E-state index contributed by atoms with van der Waals surface area (Å²) in [6.45, 7) is 1.52. The van der Waals surface area contributed by atoms with Crippen LogP contribution in [-0.4, -0.2) is 10.9 Å². The highest BCUT2D eigenvalue weighted by Crippen LogP contribution is 2.21. The summed E-state index contributed by atoms with van der Waals surface area (Å²) < 4.78 is 0. The zero-order valence-electron chi connectivity index (χ0n) is 8.03. The van der Waals surface area contributed by atoms with Gasteiger partial charge in [-0.2, -0.15) is 0 Å². The average Bonchev–Trinajstić information content (AvgIpc) is 2.14. The van der Waals surface area contributed by atoms with E-state index in [9.17, 15) is 9.90 Å². The number of rotatable bonds is 4. The van der Waals surface area contributed by atoms with Crippen LogP contribution < -0.4 is 0 Å². The molecule has 0 aliphatic carbocycles. The highest BCUT2D eigenvalue weighted by molar-refractivity contribution is 6.30. The van der Waals surface area contributed by atoms with E-state index >= 15 is 0 Å². The molecular formula is C11H13ClO2. The number of benzene rings is 1. The van der Waals surface area contributed by atoms with Crippen molar-refractivity contribution in [1.29, 1.82) is 0 Å². The van der Waals surface area contributed by atoms with Gasteiger partial charge in [-0.05, 0) is 31.0 Å². The summed E-state index contributed by atoms with van der Waals surface area (Å²) >= 11 is 5.77. The van der Waals surface area contributed by atoms with E-state index in [1.54, 1.807) is 24.3 Å². The Bertz CT molecular complexity index is 323. The Labute approximate surface area is 88.5 Å². The lowest BCUT2D eigenvalue weighted by Crippen LogP contribution is -2.00. The zero-order valence-corrected chi connectivity index (χ0v) is 8.79. The quantitative estimate of drug-likeness (QED) is 0.834. The highest BCUT2D eigenvalue weighted by Gasteiger charge is 2.08. The van der Waals surface area contributed by atoms with E-state index in [1.807, 2.05) is 0 Å². The topological polar surface area (TPSA) is 37.3 Å². The minimum Gasteiger partial charge on any atom is -0.388 e. The number of carbonyl (C=O) groups excluding carboxylic acids is 1. The maximum absolute atomic E-state index is 10.7. The van der Waals surface area contributed by atoms with Gasteiger partial charge in [-0.15, -0.1) is 0 Å². The SMILES string of the molecule is CC(=O)CCC(O)c1cccc(Cl)c1. The van der Waals surface area contributed by atoms with Gasteiger partial charge in [0.2, 0.25) is 0 Å². The molecule has 76 valence electrons. The molecule has 1 N–H and O–H groups in total. The number of aliphatic hydroxyl groups is 1. The normalized spacial score (nSPS) is 12.5. The summed E-state index contributed by atoms with van der Waals surface area (Å²) in [5.41, 5.74) is 0.763. The summed E-state index contributed by atoms with van der Waals surface area (Å²) in [7, 11) is 0. The van der Waals surface area contributed by atoms with Crippen molar-refractivity contribution in [2.75, 3.05) is 0 Å². The second-order valence-electron chi connectivity index (χ2n) is 3.31. The van der Waals surface area contributed by atoms with Crippen LogP contribution in [0.4, 0.5) is 0 Å². The van der Waals surface area contributed by atoms with Crippen LogP contribution in [0.15, 0.2) is 24.3 Å². The molecule has 14 heavy (non-hydrogen) atoms. The van der Waals surface area contributed by atoms with Crippen molar-refractivity contribution in [1.82, 2.24) is 0 Å². The molecule has 1 unspecified atom stereocenters. The molecule has 0 saturated heterocycles. The Balaban J connectivity index is 2.60. The molecule has 0 aromatic heterocycles. The smallest absolute Gasteiger partial charge is 0.129 e. The predicted molar refractivity (Wildman–Crippen MR) is 56.3 cm³/mol. The first-order valence-corrected chi connectivity index (χ1v) is 4.90. The molecule has 0 fully saturated rings.